The Morgan fingerprint density at radius 1 is 1.18 bits per heavy atom. The number of rotatable bonds is 2. The highest BCUT2D eigenvalue weighted by atomic mass is 35.5. The normalized spacial score (nSPS) is 10.8. The fourth-order valence-corrected chi connectivity index (χ4v) is 2.42. The fourth-order valence-electron chi connectivity index (χ4n) is 2.29. The molecule has 0 unspecified atom stereocenters. The number of hydrogen-bond acceptors (Lipinski definition) is 4. The standard InChI is InChI=1S/C15H10ClN3O3/c1-9-17-14-8-12(19(21)22)6-7-13(14)15(20)18(9)11-4-2-10(16)3-5-11/h2-8H,1H3. The van der Waals surface area contributed by atoms with E-state index in [0.29, 0.717) is 27.4 Å². The monoisotopic (exact) mass is 315 g/mol. The van der Waals surface area contributed by atoms with Gasteiger partial charge in [0.25, 0.3) is 11.2 Å². The zero-order chi connectivity index (χ0) is 15.9. The second kappa shape index (κ2) is 5.23. The topological polar surface area (TPSA) is 78.0 Å². The number of non-ortho nitro benzene ring substituents is 1. The zero-order valence-electron chi connectivity index (χ0n) is 11.5. The number of aromatic nitrogens is 2. The predicted molar refractivity (Wildman–Crippen MR) is 83.7 cm³/mol. The maximum atomic E-state index is 12.6. The number of halogens is 1. The predicted octanol–water partition coefficient (Wildman–Crippen LogP) is 3.26. The Hall–Kier alpha value is -2.73. The lowest BCUT2D eigenvalue weighted by molar-refractivity contribution is -0.384. The van der Waals surface area contributed by atoms with Crippen molar-refractivity contribution >= 4 is 28.2 Å². The summed E-state index contributed by atoms with van der Waals surface area (Å²) >= 11 is 5.85. The second-order valence-corrected chi connectivity index (χ2v) is 5.17. The molecule has 110 valence electrons. The third-order valence-electron chi connectivity index (χ3n) is 3.32. The molecule has 3 aromatic rings. The Bertz CT molecular complexity index is 949. The van der Waals surface area contributed by atoms with Crippen LogP contribution < -0.4 is 5.56 Å². The Kier molecular flexibility index (Phi) is 3.38. The highest BCUT2D eigenvalue weighted by molar-refractivity contribution is 6.30. The van der Waals surface area contributed by atoms with Gasteiger partial charge < -0.3 is 0 Å². The number of nitro benzene ring substituents is 1. The van der Waals surface area contributed by atoms with Crippen molar-refractivity contribution in [1.82, 2.24) is 9.55 Å². The summed E-state index contributed by atoms with van der Waals surface area (Å²) in [7, 11) is 0. The number of fused-ring (bicyclic) bond motifs is 1. The molecule has 0 fully saturated rings. The zero-order valence-corrected chi connectivity index (χ0v) is 12.2. The SMILES string of the molecule is Cc1nc2cc([N+](=O)[O-])ccc2c(=O)n1-c1ccc(Cl)cc1. The van der Waals surface area contributed by atoms with Gasteiger partial charge in [-0.15, -0.1) is 0 Å². The van der Waals surface area contributed by atoms with Crippen molar-refractivity contribution in [2.24, 2.45) is 0 Å². The van der Waals surface area contributed by atoms with E-state index in [0.717, 1.165) is 0 Å². The van der Waals surface area contributed by atoms with Crippen LogP contribution in [0.2, 0.25) is 5.02 Å². The Morgan fingerprint density at radius 2 is 1.86 bits per heavy atom. The van der Waals surface area contributed by atoms with Crippen molar-refractivity contribution in [2.75, 3.05) is 0 Å². The van der Waals surface area contributed by atoms with E-state index in [1.807, 2.05) is 0 Å². The highest BCUT2D eigenvalue weighted by Crippen LogP contribution is 2.19. The minimum absolute atomic E-state index is 0.0944. The van der Waals surface area contributed by atoms with Crippen molar-refractivity contribution in [3.05, 3.63) is 73.8 Å². The van der Waals surface area contributed by atoms with Gasteiger partial charge in [-0.1, -0.05) is 11.6 Å². The van der Waals surface area contributed by atoms with Crippen LogP contribution >= 0.6 is 11.6 Å². The molecule has 3 rings (SSSR count). The van der Waals surface area contributed by atoms with Crippen LogP contribution in [0.3, 0.4) is 0 Å². The van der Waals surface area contributed by atoms with E-state index in [2.05, 4.69) is 4.98 Å². The molecule has 0 N–H and O–H groups in total. The lowest BCUT2D eigenvalue weighted by Crippen LogP contribution is -2.22. The molecule has 0 spiro atoms. The molecule has 0 aliphatic carbocycles. The van der Waals surface area contributed by atoms with Crippen molar-refractivity contribution in [3.63, 3.8) is 0 Å². The van der Waals surface area contributed by atoms with Crippen LogP contribution in [0.4, 0.5) is 5.69 Å². The summed E-state index contributed by atoms with van der Waals surface area (Å²) in [4.78, 5) is 27.2. The molecule has 0 amide bonds. The molecule has 6 nitrogen and oxygen atoms in total. The van der Waals surface area contributed by atoms with Gasteiger partial charge in [0.2, 0.25) is 0 Å². The smallest absolute Gasteiger partial charge is 0.268 e. The summed E-state index contributed by atoms with van der Waals surface area (Å²) in [6, 6.07) is 10.8. The van der Waals surface area contributed by atoms with Crippen LogP contribution in [-0.4, -0.2) is 14.5 Å². The highest BCUT2D eigenvalue weighted by Gasteiger charge is 2.13. The minimum atomic E-state index is -0.513. The first-order valence-electron chi connectivity index (χ1n) is 6.41. The summed E-state index contributed by atoms with van der Waals surface area (Å²) in [5.41, 5.74) is 0.573. The number of nitro groups is 1. The molecular formula is C15H10ClN3O3. The number of benzene rings is 2. The molecule has 0 saturated carbocycles. The summed E-state index contributed by atoms with van der Waals surface area (Å²) < 4.78 is 1.45. The van der Waals surface area contributed by atoms with Crippen LogP contribution in [0.5, 0.6) is 0 Å². The van der Waals surface area contributed by atoms with Crippen molar-refractivity contribution < 1.29 is 4.92 Å². The van der Waals surface area contributed by atoms with Gasteiger partial charge in [0.15, 0.2) is 0 Å². The quantitative estimate of drug-likeness (QED) is 0.537. The van der Waals surface area contributed by atoms with Gasteiger partial charge in [0.05, 0.1) is 21.5 Å². The number of nitrogens with zero attached hydrogens (tertiary/aromatic N) is 3. The van der Waals surface area contributed by atoms with Crippen LogP contribution in [0, 0.1) is 17.0 Å². The molecule has 0 saturated heterocycles. The van der Waals surface area contributed by atoms with Crippen molar-refractivity contribution in [3.8, 4) is 5.69 Å². The fraction of sp³-hybridized carbons (Fsp3) is 0.0667. The first kappa shape index (κ1) is 14.2. The van der Waals surface area contributed by atoms with E-state index in [4.69, 9.17) is 11.6 Å². The Balaban J connectivity index is 2.29. The van der Waals surface area contributed by atoms with Gasteiger partial charge >= 0.3 is 0 Å². The van der Waals surface area contributed by atoms with Crippen LogP contribution in [0.1, 0.15) is 5.82 Å². The van der Waals surface area contributed by atoms with Crippen LogP contribution in [-0.2, 0) is 0 Å². The van der Waals surface area contributed by atoms with E-state index in [1.54, 1.807) is 31.2 Å². The molecule has 0 radical (unpaired) electrons. The molecule has 2 aromatic carbocycles. The van der Waals surface area contributed by atoms with Crippen LogP contribution in [0.15, 0.2) is 47.3 Å². The van der Waals surface area contributed by atoms with E-state index >= 15 is 0 Å². The third kappa shape index (κ3) is 2.33. The molecule has 0 atom stereocenters. The maximum absolute atomic E-state index is 12.6. The molecule has 1 aromatic heterocycles. The summed E-state index contributed by atoms with van der Waals surface area (Å²) in [6.07, 6.45) is 0. The largest absolute Gasteiger partial charge is 0.271 e. The van der Waals surface area contributed by atoms with Gasteiger partial charge in [-0.25, -0.2) is 4.98 Å². The van der Waals surface area contributed by atoms with E-state index in [-0.39, 0.29) is 11.2 Å². The van der Waals surface area contributed by atoms with Crippen molar-refractivity contribution in [1.29, 1.82) is 0 Å². The average Bonchev–Trinajstić information content (AvgIpc) is 2.48. The van der Waals surface area contributed by atoms with Gasteiger partial charge in [0, 0.05) is 17.2 Å². The summed E-state index contributed by atoms with van der Waals surface area (Å²) in [6.45, 7) is 1.67. The first-order valence-corrected chi connectivity index (χ1v) is 6.79. The van der Waals surface area contributed by atoms with Gasteiger partial charge in [-0.3, -0.25) is 19.5 Å². The summed E-state index contributed by atoms with van der Waals surface area (Å²) in [5, 5.41) is 11.7. The lowest BCUT2D eigenvalue weighted by atomic mass is 10.2. The molecule has 0 aliphatic rings. The van der Waals surface area contributed by atoms with E-state index in [9.17, 15) is 14.9 Å². The van der Waals surface area contributed by atoms with Crippen molar-refractivity contribution in [2.45, 2.75) is 6.92 Å². The Labute approximate surface area is 129 Å². The molecule has 1 heterocycles. The number of hydrogen-bond donors (Lipinski definition) is 0. The van der Waals surface area contributed by atoms with E-state index in [1.165, 1.54) is 22.8 Å². The minimum Gasteiger partial charge on any atom is -0.268 e. The Morgan fingerprint density at radius 3 is 2.50 bits per heavy atom. The van der Waals surface area contributed by atoms with Gasteiger partial charge in [0.1, 0.15) is 5.82 Å². The van der Waals surface area contributed by atoms with E-state index < -0.39 is 4.92 Å². The average molecular weight is 316 g/mol. The molecular weight excluding hydrogens is 306 g/mol. The molecule has 7 heteroatoms. The molecule has 22 heavy (non-hydrogen) atoms. The van der Waals surface area contributed by atoms with Gasteiger partial charge in [-0.05, 0) is 37.3 Å². The van der Waals surface area contributed by atoms with Gasteiger partial charge in [-0.2, -0.15) is 0 Å². The molecule has 0 bridgehead atoms. The summed E-state index contributed by atoms with van der Waals surface area (Å²) in [5.74, 6) is 0.445. The molecule has 0 aliphatic heterocycles. The van der Waals surface area contributed by atoms with Crippen LogP contribution in [0.25, 0.3) is 16.6 Å². The maximum Gasteiger partial charge on any atom is 0.271 e. The second-order valence-electron chi connectivity index (χ2n) is 4.73. The lowest BCUT2D eigenvalue weighted by Gasteiger charge is -2.10. The first-order chi connectivity index (χ1) is 10.5. The number of aryl methyl sites for hydroxylation is 1. The third-order valence-corrected chi connectivity index (χ3v) is 3.57.